The first kappa shape index (κ1) is 11.8. The second kappa shape index (κ2) is 5.58. The molecule has 1 aliphatic heterocycles. The first-order valence-corrected chi connectivity index (χ1v) is 6.60. The van der Waals surface area contributed by atoms with Gasteiger partial charge in [0.05, 0.1) is 11.7 Å². The molecule has 0 aliphatic carbocycles. The number of hydrogen-bond donors (Lipinski definition) is 0. The molecule has 0 amide bonds. The van der Waals surface area contributed by atoms with Gasteiger partial charge in [-0.15, -0.1) is 11.8 Å². The van der Waals surface area contributed by atoms with E-state index in [0.717, 1.165) is 30.1 Å². The van der Waals surface area contributed by atoms with Crippen molar-refractivity contribution in [1.82, 2.24) is 0 Å². The third-order valence-corrected chi connectivity index (χ3v) is 3.95. The van der Waals surface area contributed by atoms with Crippen LogP contribution in [-0.2, 0) is 4.74 Å². The molecule has 1 heterocycles. The number of nitrogens with zero attached hydrogens (tertiary/aromatic N) is 1. The Labute approximate surface area is 105 Å². The molecule has 1 saturated heterocycles. The lowest BCUT2D eigenvalue weighted by Gasteiger charge is -2.09. The summed E-state index contributed by atoms with van der Waals surface area (Å²) in [7, 11) is 0. The Kier molecular flexibility index (Phi) is 4.11. The average Bonchev–Trinajstić information content (AvgIpc) is 2.80. The molecule has 4 heteroatoms. The van der Waals surface area contributed by atoms with E-state index in [1.165, 1.54) is 0 Å². The van der Waals surface area contributed by atoms with E-state index in [9.17, 15) is 0 Å². The third kappa shape index (κ3) is 2.91. The number of nitriles is 1. The minimum absolute atomic E-state index is 0.340. The first-order chi connectivity index (χ1) is 7.79. The van der Waals surface area contributed by atoms with Crippen LogP contribution in [0.2, 0.25) is 5.02 Å². The third-order valence-electron chi connectivity index (χ3n) is 2.51. The molecule has 0 aromatic heterocycles. The van der Waals surface area contributed by atoms with Gasteiger partial charge in [-0.3, -0.25) is 0 Å². The van der Waals surface area contributed by atoms with E-state index in [-0.39, 0.29) is 0 Å². The van der Waals surface area contributed by atoms with E-state index in [0.29, 0.717) is 16.7 Å². The molecule has 1 unspecified atom stereocenters. The largest absolute Gasteiger partial charge is 0.377 e. The smallest absolute Gasteiger partial charge is 0.100 e. The Hall–Kier alpha value is -0.690. The Bertz CT molecular complexity index is 410. The van der Waals surface area contributed by atoms with Gasteiger partial charge in [-0.1, -0.05) is 11.6 Å². The van der Waals surface area contributed by atoms with Gasteiger partial charge in [-0.2, -0.15) is 5.26 Å². The van der Waals surface area contributed by atoms with Crippen LogP contribution in [0, 0.1) is 11.3 Å². The van der Waals surface area contributed by atoms with Crippen LogP contribution in [0.15, 0.2) is 23.1 Å². The van der Waals surface area contributed by atoms with Gasteiger partial charge < -0.3 is 4.74 Å². The average molecular weight is 254 g/mol. The van der Waals surface area contributed by atoms with Crippen molar-refractivity contribution in [2.45, 2.75) is 23.8 Å². The molecule has 0 spiro atoms. The van der Waals surface area contributed by atoms with Crippen molar-refractivity contribution in [3.05, 3.63) is 28.8 Å². The number of thioether (sulfide) groups is 1. The van der Waals surface area contributed by atoms with Gasteiger partial charge in [0, 0.05) is 22.3 Å². The highest BCUT2D eigenvalue weighted by atomic mass is 35.5. The molecule has 1 fully saturated rings. The van der Waals surface area contributed by atoms with E-state index >= 15 is 0 Å². The van der Waals surface area contributed by atoms with Crippen molar-refractivity contribution in [3.8, 4) is 6.07 Å². The molecule has 84 valence electrons. The van der Waals surface area contributed by atoms with Crippen LogP contribution in [0.4, 0.5) is 0 Å². The first-order valence-electron chi connectivity index (χ1n) is 5.23. The van der Waals surface area contributed by atoms with Gasteiger partial charge in [0.2, 0.25) is 0 Å². The van der Waals surface area contributed by atoms with Crippen LogP contribution in [0.1, 0.15) is 18.4 Å². The quantitative estimate of drug-likeness (QED) is 0.774. The van der Waals surface area contributed by atoms with Gasteiger partial charge in [0.25, 0.3) is 0 Å². The summed E-state index contributed by atoms with van der Waals surface area (Å²) in [5, 5.41) is 9.59. The van der Waals surface area contributed by atoms with E-state index < -0.39 is 0 Å². The second-order valence-electron chi connectivity index (χ2n) is 3.70. The maximum Gasteiger partial charge on any atom is 0.100 e. The number of hydrogen-bond acceptors (Lipinski definition) is 3. The highest BCUT2D eigenvalue weighted by Crippen LogP contribution is 2.28. The molecular formula is C12H12ClNOS. The Morgan fingerprint density at radius 1 is 1.56 bits per heavy atom. The lowest BCUT2D eigenvalue weighted by Crippen LogP contribution is -2.07. The Balaban J connectivity index is 2.00. The molecule has 1 aromatic carbocycles. The predicted molar refractivity (Wildman–Crippen MR) is 65.9 cm³/mol. The summed E-state index contributed by atoms with van der Waals surface area (Å²) in [4.78, 5) is 0.988. The maximum absolute atomic E-state index is 8.98. The minimum atomic E-state index is 0.340. The summed E-state index contributed by atoms with van der Waals surface area (Å²) in [6, 6.07) is 7.60. The zero-order chi connectivity index (χ0) is 11.4. The fraction of sp³-hybridized carbons (Fsp3) is 0.417. The van der Waals surface area contributed by atoms with Crippen molar-refractivity contribution in [2.24, 2.45) is 0 Å². The van der Waals surface area contributed by atoms with E-state index in [2.05, 4.69) is 6.07 Å². The Morgan fingerprint density at radius 2 is 2.44 bits per heavy atom. The van der Waals surface area contributed by atoms with Gasteiger partial charge in [0.15, 0.2) is 0 Å². The van der Waals surface area contributed by atoms with Crippen LogP contribution < -0.4 is 0 Å². The number of rotatable bonds is 3. The van der Waals surface area contributed by atoms with Crippen LogP contribution >= 0.6 is 23.4 Å². The molecule has 1 atom stereocenters. The summed E-state index contributed by atoms with van der Waals surface area (Å²) >= 11 is 7.51. The molecule has 1 aromatic rings. The van der Waals surface area contributed by atoms with E-state index in [4.69, 9.17) is 21.6 Å². The zero-order valence-corrected chi connectivity index (χ0v) is 10.4. The van der Waals surface area contributed by atoms with Crippen molar-refractivity contribution in [2.75, 3.05) is 12.4 Å². The second-order valence-corrected chi connectivity index (χ2v) is 5.20. The minimum Gasteiger partial charge on any atom is -0.377 e. The molecular weight excluding hydrogens is 242 g/mol. The molecule has 16 heavy (non-hydrogen) atoms. The zero-order valence-electron chi connectivity index (χ0n) is 8.78. The standard InChI is InChI=1S/C12H12ClNOS/c13-10-3-4-12(9(6-10)7-14)16-8-11-2-1-5-15-11/h3-4,6,11H,1-2,5,8H2. The van der Waals surface area contributed by atoms with Crippen molar-refractivity contribution >= 4 is 23.4 Å². The van der Waals surface area contributed by atoms with Crippen molar-refractivity contribution in [3.63, 3.8) is 0 Å². The van der Waals surface area contributed by atoms with Crippen LogP contribution in [0.5, 0.6) is 0 Å². The molecule has 0 saturated carbocycles. The Morgan fingerprint density at radius 3 is 3.12 bits per heavy atom. The normalized spacial score (nSPS) is 19.6. The summed E-state index contributed by atoms with van der Waals surface area (Å²) in [5.41, 5.74) is 0.649. The van der Waals surface area contributed by atoms with Gasteiger partial charge in [0.1, 0.15) is 6.07 Å². The van der Waals surface area contributed by atoms with E-state index in [1.807, 2.05) is 12.1 Å². The molecule has 0 bridgehead atoms. The van der Waals surface area contributed by atoms with Gasteiger partial charge in [-0.05, 0) is 31.0 Å². The van der Waals surface area contributed by atoms with Gasteiger partial charge >= 0.3 is 0 Å². The van der Waals surface area contributed by atoms with Crippen molar-refractivity contribution in [1.29, 1.82) is 5.26 Å². The molecule has 2 rings (SSSR count). The van der Waals surface area contributed by atoms with Crippen molar-refractivity contribution < 1.29 is 4.74 Å². The number of benzene rings is 1. The summed E-state index contributed by atoms with van der Waals surface area (Å²) in [6.07, 6.45) is 2.62. The molecule has 2 nitrogen and oxygen atoms in total. The van der Waals surface area contributed by atoms with Crippen LogP contribution in [-0.4, -0.2) is 18.5 Å². The number of halogens is 1. The monoisotopic (exact) mass is 253 g/mol. The fourth-order valence-electron chi connectivity index (χ4n) is 1.67. The molecule has 1 aliphatic rings. The summed E-state index contributed by atoms with van der Waals surface area (Å²) in [6.45, 7) is 0.872. The predicted octanol–water partition coefficient (Wildman–Crippen LogP) is 3.48. The SMILES string of the molecule is N#Cc1cc(Cl)ccc1SCC1CCCO1. The lowest BCUT2D eigenvalue weighted by atomic mass is 10.2. The fourth-order valence-corrected chi connectivity index (χ4v) is 2.90. The molecule has 0 radical (unpaired) electrons. The highest BCUT2D eigenvalue weighted by Gasteiger charge is 2.16. The van der Waals surface area contributed by atoms with Crippen LogP contribution in [0.3, 0.4) is 0 Å². The summed E-state index contributed by atoms with van der Waals surface area (Å²) < 4.78 is 5.54. The maximum atomic E-state index is 8.98. The van der Waals surface area contributed by atoms with Gasteiger partial charge in [-0.25, -0.2) is 0 Å². The summed E-state index contributed by atoms with van der Waals surface area (Å²) in [5.74, 6) is 0.913. The number of ether oxygens (including phenoxy) is 1. The van der Waals surface area contributed by atoms with E-state index in [1.54, 1.807) is 17.8 Å². The molecule has 0 N–H and O–H groups in total. The lowest BCUT2D eigenvalue weighted by molar-refractivity contribution is 0.129. The highest BCUT2D eigenvalue weighted by molar-refractivity contribution is 7.99. The topological polar surface area (TPSA) is 33.0 Å². The van der Waals surface area contributed by atoms with Crippen LogP contribution in [0.25, 0.3) is 0 Å².